The van der Waals surface area contributed by atoms with E-state index >= 15 is 0 Å². The fourth-order valence-electron chi connectivity index (χ4n) is 3.23. The Hall–Kier alpha value is -2.87. The van der Waals surface area contributed by atoms with Gasteiger partial charge in [0, 0.05) is 50.4 Å². The number of amides is 1. The Morgan fingerprint density at radius 1 is 1.00 bits per heavy atom. The van der Waals surface area contributed by atoms with Crippen LogP contribution in [0, 0.1) is 0 Å². The molecule has 1 aliphatic heterocycles. The summed E-state index contributed by atoms with van der Waals surface area (Å²) in [6, 6.07) is 15.3. The SMILES string of the molecule is O=C(CCN1CCN(c2ccccc2)CC1)NN=Cc1ccccc1C(F)(F)F. The molecule has 0 spiro atoms. The van der Waals surface area contributed by atoms with E-state index in [4.69, 9.17) is 0 Å². The normalized spacial score (nSPS) is 15.6. The standard InChI is InChI=1S/C21H23F3N4O/c22-21(23,24)19-9-5-4-6-17(19)16-25-26-20(29)10-11-27-12-14-28(15-13-27)18-7-2-1-3-8-18/h1-9,16H,10-15H2,(H,26,29). The molecule has 1 amide bonds. The van der Waals surface area contributed by atoms with Crippen LogP contribution in [0.2, 0.25) is 0 Å². The number of anilines is 1. The van der Waals surface area contributed by atoms with Crippen LogP contribution >= 0.6 is 0 Å². The molecule has 154 valence electrons. The average Bonchev–Trinajstić information content (AvgIpc) is 2.73. The highest BCUT2D eigenvalue weighted by atomic mass is 19.4. The summed E-state index contributed by atoms with van der Waals surface area (Å²) in [6.45, 7) is 4.06. The second-order valence-corrected chi connectivity index (χ2v) is 6.79. The van der Waals surface area contributed by atoms with Gasteiger partial charge in [0.1, 0.15) is 0 Å². The van der Waals surface area contributed by atoms with Gasteiger partial charge in [0.25, 0.3) is 0 Å². The smallest absolute Gasteiger partial charge is 0.369 e. The van der Waals surface area contributed by atoms with E-state index < -0.39 is 11.7 Å². The molecule has 1 N–H and O–H groups in total. The summed E-state index contributed by atoms with van der Waals surface area (Å²) in [5, 5.41) is 3.68. The minimum atomic E-state index is -4.46. The van der Waals surface area contributed by atoms with Crippen LogP contribution in [0.5, 0.6) is 0 Å². The molecule has 0 radical (unpaired) electrons. The van der Waals surface area contributed by atoms with E-state index in [-0.39, 0.29) is 17.9 Å². The van der Waals surface area contributed by atoms with E-state index in [0.717, 1.165) is 38.5 Å². The zero-order valence-corrected chi connectivity index (χ0v) is 15.9. The fraction of sp³-hybridized carbons (Fsp3) is 0.333. The van der Waals surface area contributed by atoms with Crippen molar-refractivity contribution in [3.8, 4) is 0 Å². The van der Waals surface area contributed by atoms with Gasteiger partial charge in [0.2, 0.25) is 5.91 Å². The number of hydrazone groups is 1. The van der Waals surface area contributed by atoms with Crippen molar-refractivity contribution >= 4 is 17.8 Å². The first-order chi connectivity index (χ1) is 13.9. The van der Waals surface area contributed by atoms with Gasteiger partial charge in [-0.3, -0.25) is 9.69 Å². The maximum atomic E-state index is 12.9. The number of nitrogens with one attached hydrogen (secondary N) is 1. The number of para-hydroxylation sites is 1. The Bertz CT molecular complexity index is 831. The lowest BCUT2D eigenvalue weighted by atomic mass is 10.1. The minimum Gasteiger partial charge on any atom is -0.369 e. The Morgan fingerprint density at radius 2 is 1.66 bits per heavy atom. The van der Waals surface area contributed by atoms with Gasteiger partial charge in [0.05, 0.1) is 11.8 Å². The predicted molar refractivity (Wildman–Crippen MR) is 107 cm³/mol. The number of carbonyl (C=O) groups excluding carboxylic acids is 1. The monoisotopic (exact) mass is 404 g/mol. The first kappa shape index (κ1) is 20.9. The molecule has 1 fully saturated rings. The lowest BCUT2D eigenvalue weighted by Gasteiger charge is -2.36. The zero-order valence-electron chi connectivity index (χ0n) is 15.9. The van der Waals surface area contributed by atoms with E-state index in [2.05, 4.69) is 32.5 Å². The zero-order chi connectivity index (χ0) is 20.7. The lowest BCUT2D eigenvalue weighted by Crippen LogP contribution is -2.47. The van der Waals surface area contributed by atoms with Crippen LogP contribution in [0.1, 0.15) is 17.5 Å². The van der Waals surface area contributed by atoms with Crippen LogP contribution in [-0.2, 0) is 11.0 Å². The van der Waals surface area contributed by atoms with Gasteiger partial charge in [-0.25, -0.2) is 5.43 Å². The molecule has 0 aromatic heterocycles. The number of rotatable bonds is 6. The summed E-state index contributed by atoms with van der Waals surface area (Å²) < 4.78 is 38.8. The van der Waals surface area contributed by atoms with Gasteiger partial charge >= 0.3 is 6.18 Å². The highest BCUT2D eigenvalue weighted by Crippen LogP contribution is 2.31. The number of nitrogens with zero attached hydrogens (tertiary/aromatic N) is 3. The van der Waals surface area contributed by atoms with E-state index in [1.807, 2.05) is 18.2 Å². The van der Waals surface area contributed by atoms with Crippen molar-refractivity contribution in [3.05, 3.63) is 65.7 Å². The Morgan fingerprint density at radius 3 is 2.34 bits per heavy atom. The second-order valence-electron chi connectivity index (χ2n) is 6.79. The highest BCUT2D eigenvalue weighted by molar-refractivity contribution is 5.84. The van der Waals surface area contributed by atoms with E-state index in [1.165, 1.54) is 23.9 Å². The molecule has 8 heteroatoms. The maximum Gasteiger partial charge on any atom is 0.417 e. The average molecular weight is 404 g/mol. The van der Waals surface area contributed by atoms with Crippen molar-refractivity contribution in [1.29, 1.82) is 0 Å². The van der Waals surface area contributed by atoms with Crippen LogP contribution in [0.3, 0.4) is 0 Å². The topological polar surface area (TPSA) is 47.9 Å². The van der Waals surface area contributed by atoms with Gasteiger partial charge in [-0.2, -0.15) is 18.3 Å². The first-order valence-corrected chi connectivity index (χ1v) is 9.44. The maximum absolute atomic E-state index is 12.9. The number of benzene rings is 2. The fourth-order valence-corrected chi connectivity index (χ4v) is 3.23. The van der Waals surface area contributed by atoms with Gasteiger partial charge in [-0.1, -0.05) is 36.4 Å². The quantitative estimate of drug-likeness (QED) is 0.593. The Kier molecular flexibility index (Phi) is 6.87. The first-order valence-electron chi connectivity index (χ1n) is 9.44. The molecule has 1 aliphatic rings. The summed E-state index contributed by atoms with van der Waals surface area (Å²) in [5.41, 5.74) is 2.63. The van der Waals surface area contributed by atoms with Gasteiger partial charge in [-0.05, 0) is 18.2 Å². The molecule has 0 aliphatic carbocycles. The largest absolute Gasteiger partial charge is 0.417 e. The molecule has 2 aromatic rings. The molecule has 3 rings (SSSR count). The molecule has 29 heavy (non-hydrogen) atoms. The van der Waals surface area contributed by atoms with Crippen LogP contribution in [0.25, 0.3) is 0 Å². The number of hydrogen-bond acceptors (Lipinski definition) is 4. The van der Waals surface area contributed by atoms with Crippen molar-refractivity contribution in [2.75, 3.05) is 37.6 Å². The van der Waals surface area contributed by atoms with E-state index in [1.54, 1.807) is 0 Å². The van der Waals surface area contributed by atoms with Gasteiger partial charge < -0.3 is 4.90 Å². The summed E-state index contributed by atoms with van der Waals surface area (Å²) in [5.74, 6) is -0.323. The van der Waals surface area contributed by atoms with Crippen molar-refractivity contribution in [1.82, 2.24) is 10.3 Å². The predicted octanol–water partition coefficient (Wildman–Crippen LogP) is 3.37. The molecule has 0 bridgehead atoms. The van der Waals surface area contributed by atoms with Crippen molar-refractivity contribution in [2.24, 2.45) is 5.10 Å². The molecular formula is C21H23F3N4O. The summed E-state index contributed by atoms with van der Waals surface area (Å²) in [6.07, 6.45) is -3.20. The van der Waals surface area contributed by atoms with Crippen LogP contribution < -0.4 is 10.3 Å². The van der Waals surface area contributed by atoms with Crippen molar-refractivity contribution < 1.29 is 18.0 Å². The van der Waals surface area contributed by atoms with Gasteiger partial charge in [-0.15, -0.1) is 0 Å². The Labute approximate surface area is 167 Å². The molecule has 1 heterocycles. The number of piperazine rings is 1. The number of halogens is 3. The third-order valence-corrected chi connectivity index (χ3v) is 4.81. The molecule has 0 saturated carbocycles. The molecule has 5 nitrogen and oxygen atoms in total. The van der Waals surface area contributed by atoms with E-state index in [0.29, 0.717) is 6.54 Å². The number of hydrogen-bond donors (Lipinski definition) is 1. The third kappa shape index (κ3) is 6.05. The minimum absolute atomic E-state index is 0.0858. The highest BCUT2D eigenvalue weighted by Gasteiger charge is 2.32. The van der Waals surface area contributed by atoms with Crippen molar-refractivity contribution in [2.45, 2.75) is 12.6 Å². The number of carbonyl (C=O) groups is 1. The van der Waals surface area contributed by atoms with Gasteiger partial charge in [0.15, 0.2) is 0 Å². The molecule has 1 saturated heterocycles. The lowest BCUT2D eigenvalue weighted by molar-refractivity contribution is -0.137. The molecule has 0 atom stereocenters. The molecule has 0 unspecified atom stereocenters. The summed E-state index contributed by atoms with van der Waals surface area (Å²) in [7, 11) is 0. The molecular weight excluding hydrogens is 381 g/mol. The van der Waals surface area contributed by atoms with E-state index in [9.17, 15) is 18.0 Å². The van der Waals surface area contributed by atoms with Crippen LogP contribution in [0.15, 0.2) is 59.7 Å². The summed E-state index contributed by atoms with van der Waals surface area (Å²) in [4.78, 5) is 16.5. The van der Waals surface area contributed by atoms with Crippen LogP contribution in [0.4, 0.5) is 18.9 Å². The molecule has 2 aromatic carbocycles. The number of alkyl halides is 3. The van der Waals surface area contributed by atoms with Crippen LogP contribution in [-0.4, -0.2) is 49.7 Å². The Balaban J connectivity index is 1.42. The second kappa shape index (κ2) is 9.56. The summed E-state index contributed by atoms with van der Waals surface area (Å²) >= 11 is 0. The van der Waals surface area contributed by atoms with Crippen molar-refractivity contribution in [3.63, 3.8) is 0 Å². The third-order valence-electron chi connectivity index (χ3n) is 4.81.